The molecule has 0 radical (unpaired) electrons. The van der Waals surface area contributed by atoms with Crippen molar-refractivity contribution < 1.29 is 8.42 Å². The van der Waals surface area contributed by atoms with E-state index in [4.69, 9.17) is 5.73 Å². The van der Waals surface area contributed by atoms with E-state index >= 15 is 0 Å². The summed E-state index contributed by atoms with van der Waals surface area (Å²) in [6.07, 6.45) is 2.99. The Morgan fingerprint density at radius 2 is 1.89 bits per heavy atom. The third kappa shape index (κ3) is 2.77. The zero-order valence-corrected chi connectivity index (χ0v) is 12.5. The van der Waals surface area contributed by atoms with Crippen LogP contribution in [0.1, 0.15) is 24.8 Å². The minimum Gasteiger partial charge on any atom is -0.326 e. The third-order valence-corrected chi connectivity index (χ3v) is 6.04. The van der Waals surface area contributed by atoms with Crippen LogP contribution in [0.3, 0.4) is 0 Å². The molecule has 0 spiro atoms. The lowest BCUT2D eigenvalue weighted by Gasteiger charge is -2.26. The highest BCUT2D eigenvalue weighted by molar-refractivity contribution is 9.10. The first-order valence-electron chi connectivity index (χ1n) is 6.04. The molecule has 1 aromatic carbocycles. The highest BCUT2D eigenvalue weighted by atomic mass is 79.9. The summed E-state index contributed by atoms with van der Waals surface area (Å²) in [4.78, 5) is 0.335. The molecule has 1 saturated heterocycles. The van der Waals surface area contributed by atoms with Gasteiger partial charge in [0.25, 0.3) is 0 Å². The summed E-state index contributed by atoms with van der Waals surface area (Å²) < 4.78 is 27.1. The van der Waals surface area contributed by atoms with Crippen molar-refractivity contribution in [2.45, 2.75) is 30.7 Å². The lowest BCUT2D eigenvalue weighted by Crippen LogP contribution is -2.35. The van der Waals surface area contributed by atoms with Gasteiger partial charge in [0.1, 0.15) is 0 Å². The van der Waals surface area contributed by atoms with E-state index in [0.717, 1.165) is 24.8 Å². The molecule has 1 aromatic rings. The molecule has 2 rings (SSSR count). The van der Waals surface area contributed by atoms with E-state index in [9.17, 15) is 8.42 Å². The van der Waals surface area contributed by atoms with Crippen LogP contribution < -0.4 is 5.73 Å². The van der Waals surface area contributed by atoms with Gasteiger partial charge in [0.05, 0.1) is 4.90 Å². The Hall–Kier alpha value is -0.430. The SMILES string of the molecule is NCc1ccc(S(=O)(=O)N2CCCCC2)c(Br)c1. The smallest absolute Gasteiger partial charge is 0.244 e. The van der Waals surface area contributed by atoms with E-state index in [1.165, 1.54) is 0 Å². The van der Waals surface area contributed by atoms with Crippen LogP contribution in [0.25, 0.3) is 0 Å². The van der Waals surface area contributed by atoms with Crippen LogP contribution in [0.4, 0.5) is 0 Å². The van der Waals surface area contributed by atoms with Crippen LogP contribution in [0.2, 0.25) is 0 Å². The maximum Gasteiger partial charge on any atom is 0.244 e. The molecule has 100 valence electrons. The Balaban J connectivity index is 2.34. The molecule has 0 saturated carbocycles. The Kier molecular flexibility index (Phi) is 4.42. The highest BCUT2D eigenvalue weighted by Gasteiger charge is 2.27. The maximum atomic E-state index is 12.5. The second-order valence-corrected chi connectivity index (χ2v) is 7.19. The number of rotatable bonds is 3. The quantitative estimate of drug-likeness (QED) is 0.921. The van der Waals surface area contributed by atoms with Crippen LogP contribution in [0, 0.1) is 0 Å². The number of piperidine rings is 1. The van der Waals surface area contributed by atoms with Gasteiger partial charge in [-0.1, -0.05) is 12.5 Å². The topological polar surface area (TPSA) is 63.4 Å². The largest absolute Gasteiger partial charge is 0.326 e. The first-order valence-corrected chi connectivity index (χ1v) is 8.27. The summed E-state index contributed by atoms with van der Waals surface area (Å²) in [7, 11) is -3.37. The summed E-state index contributed by atoms with van der Waals surface area (Å²) in [6.45, 7) is 1.64. The van der Waals surface area contributed by atoms with Gasteiger partial charge in [-0.05, 0) is 46.5 Å². The second-order valence-electron chi connectivity index (χ2n) is 4.43. The van der Waals surface area contributed by atoms with Crippen LogP contribution in [0.15, 0.2) is 27.6 Å². The van der Waals surface area contributed by atoms with E-state index in [1.54, 1.807) is 22.5 Å². The number of nitrogens with zero attached hydrogens (tertiary/aromatic N) is 1. The average molecular weight is 333 g/mol. The Morgan fingerprint density at radius 3 is 2.44 bits per heavy atom. The van der Waals surface area contributed by atoms with Crippen molar-refractivity contribution in [3.63, 3.8) is 0 Å². The van der Waals surface area contributed by atoms with Gasteiger partial charge in [-0.3, -0.25) is 0 Å². The molecule has 2 N–H and O–H groups in total. The molecule has 0 aliphatic carbocycles. The lowest BCUT2D eigenvalue weighted by atomic mass is 10.2. The van der Waals surface area contributed by atoms with Crippen LogP contribution in [-0.2, 0) is 16.6 Å². The average Bonchev–Trinajstić information content (AvgIpc) is 2.39. The van der Waals surface area contributed by atoms with Crippen molar-refractivity contribution in [3.05, 3.63) is 28.2 Å². The van der Waals surface area contributed by atoms with Gasteiger partial charge in [-0.2, -0.15) is 4.31 Å². The van der Waals surface area contributed by atoms with Crippen molar-refractivity contribution in [1.82, 2.24) is 4.31 Å². The molecule has 1 aliphatic rings. The number of hydrogen-bond donors (Lipinski definition) is 1. The maximum absolute atomic E-state index is 12.5. The molecule has 1 heterocycles. The molecule has 0 bridgehead atoms. The van der Waals surface area contributed by atoms with Gasteiger partial charge < -0.3 is 5.73 Å². The Labute approximate surface area is 116 Å². The van der Waals surface area contributed by atoms with Crippen LogP contribution >= 0.6 is 15.9 Å². The van der Waals surface area contributed by atoms with Crippen molar-refractivity contribution >= 4 is 26.0 Å². The predicted molar refractivity (Wildman–Crippen MR) is 74.6 cm³/mol. The van der Waals surface area contributed by atoms with E-state index in [-0.39, 0.29) is 0 Å². The summed E-state index contributed by atoms with van der Waals surface area (Å²) in [5, 5.41) is 0. The minimum absolute atomic E-state index is 0.335. The highest BCUT2D eigenvalue weighted by Crippen LogP contribution is 2.27. The van der Waals surface area contributed by atoms with Crippen molar-refractivity contribution in [1.29, 1.82) is 0 Å². The zero-order valence-electron chi connectivity index (χ0n) is 10.1. The fourth-order valence-corrected chi connectivity index (χ4v) is 4.73. The summed E-state index contributed by atoms with van der Waals surface area (Å²) in [5.41, 5.74) is 6.46. The summed E-state index contributed by atoms with van der Waals surface area (Å²) >= 11 is 3.33. The van der Waals surface area contributed by atoms with Gasteiger partial charge >= 0.3 is 0 Å². The molecule has 6 heteroatoms. The number of halogens is 1. The van der Waals surface area contributed by atoms with Gasteiger partial charge in [0, 0.05) is 24.1 Å². The number of hydrogen-bond acceptors (Lipinski definition) is 3. The van der Waals surface area contributed by atoms with Crippen molar-refractivity contribution in [2.24, 2.45) is 5.73 Å². The molecule has 0 aromatic heterocycles. The molecule has 0 amide bonds. The van der Waals surface area contributed by atoms with Gasteiger partial charge in [-0.25, -0.2) is 8.42 Å². The second kappa shape index (κ2) is 5.69. The number of benzene rings is 1. The fraction of sp³-hybridized carbons (Fsp3) is 0.500. The fourth-order valence-electron chi connectivity index (χ4n) is 2.12. The summed E-state index contributed by atoms with van der Waals surface area (Å²) in [5.74, 6) is 0. The van der Waals surface area contributed by atoms with E-state index in [1.807, 2.05) is 0 Å². The Morgan fingerprint density at radius 1 is 1.22 bits per heavy atom. The standard InChI is InChI=1S/C12H17BrN2O2S/c13-11-8-10(9-14)4-5-12(11)18(16,17)15-6-2-1-3-7-15/h4-5,8H,1-3,6-7,9,14H2. The van der Waals surface area contributed by atoms with Gasteiger partial charge in [0.15, 0.2) is 0 Å². The molecule has 1 fully saturated rings. The normalized spacial score (nSPS) is 17.9. The number of sulfonamides is 1. The minimum atomic E-state index is -3.37. The van der Waals surface area contributed by atoms with Crippen molar-refractivity contribution in [3.8, 4) is 0 Å². The van der Waals surface area contributed by atoms with Gasteiger partial charge in [0.2, 0.25) is 10.0 Å². The van der Waals surface area contributed by atoms with Crippen LogP contribution in [-0.4, -0.2) is 25.8 Å². The molecular weight excluding hydrogens is 316 g/mol. The van der Waals surface area contributed by atoms with E-state index in [0.29, 0.717) is 29.0 Å². The molecular formula is C12H17BrN2O2S. The lowest BCUT2D eigenvalue weighted by molar-refractivity contribution is 0.346. The summed E-state index contributed by atoms with van der Waals surface area (Å²) in [6, 6.07) is 5.18. The predicted octanol–water partition coefficient (Wildman–Crippen LogP) is 2.08. The van der Waals surface area contributed by atoms with Crippen LogP contribution in [0.5, 0.6) is 0 Å². The Bertz CT molecular complexity index is 525. The molecule has 1 aliphatic heterocycles. The monoisotopic (exact) mass is 332 g/mol. The van der Waals surface area contributed by atoms with Crippen molar-refractivity contribution in [2.75, 3.05) is 13.1 Å². The third-order valence-electron chi connectivity index (χ3n) is 3.16. The molecule has 0 atom stereocenters. The molecule has 18 heavy (non-hydrogen) atoms. The molecule has 0 unspecified atom stereocenters. The van der Waals surface area contributed by atoms with E-state index in [2.05, 4.69) is 15.9 Å². The molecule has 4 nitrogen and oxygen atoms in total. The first kappa shape index (κ1) is 14.0. The number of nitrogens with two attached hydrogens (primary N) is 1. The van der Waals surface area contributed by atoms with E-state index < -0.39 is 10.0 Å². The first-order chi connectivity index (χ1) is 8.55. The van der Waals surface area contributed by atoms with Gasteiger partial charge in [-0.15, -0.1) is 0 Å². The zero-order chi connectivity index (χ0) is 13.2.